The van der Waals surface area contributed by atoms with Gasteiger partial charge in [-0.05, 0) is 60.4 Å². The van der Waals surface area contributed by atoms with E-state index in [0.717, 1.165) is 39.7 Å². The van der Waals surface area contributed by atoms with E-state index in [1.165, 1.54) is 0 Å². The molecule has 3 aromatic carbocycles. The van der Waals surface area contributed by atoms with Crippen molar-refractivity contribution in [1.82, 2.24) is 4.31 Å². The van der Waals surface area contributed by atoms with E-state index in [-0.39, 0.29) is 10.6 Å². The van der Waals surface area contributed by atoms with E-state index in [2.05, 4.69) is 4.74 Å². The molecular formula is C25H23F2NO6S. The summed E-state index contributed by atoms with van der Waals surface area (Å²) in [6.45, 7) is -3.80. The predicted molar refractivity (Wildman–Crippen MR) is 124 cm³/mol. The number of ether oxygens (including phenoxy) is 2. The number of sulfonamides is 1. The number of nitrogens with zero attached hydrogens (tertiary/aromatic N) is 1. The van der Waals surface area contributed by atoms with Gasteiger partial charge in [-0.1, -0.05) is 36.4 Å². The summed E-state index contributed by atoms with van der Waals surface area (Å²) < 4.78 is 62.8. The van der Waals surface area contributed by atoms with E-state index in [1.807, 2.05) is 36.4 Å². The van der Waals surface area contributed by atoms with Crippen LogP contribution in [0.2, 0.25) is 0 Å². The topological polar surface area (TPSA) is 93.1 Å². The number of halogens is 2. The Hall–Kier alpha value is -3.50. The fourth-order valence-corrected chi connectivity index (χ4v) is 5.93. The summed E-state index contributed by atoms with van der Waals surface area (Å²) in [5, 5.41) is 9.55. The molecule has 0 unspecified atom stereocenters. The Morgan fingerprint density at radius 3 is 2.34 bits per heavy atom. The molecule has 1 fully saturated rings. The maximum Gasteiger partial charge on any atom is 0.387 e. The molecule has 0 radical (unpaired) electrons. The fourth-order valence-electron chi connectivity index (χ4n) is 4.17. The summed E-state index contributed by atoms with van der Waals surface area (Å²) in [5.41, 5.74) is 1.22. The minimum absolute atomic E-state index is 0.200. The Morgan fingerprint density at radius 1 is 1.06 bits per heavy atom. The molecule has 10 heteroatoms. The second-order valence-corrected chi connectivity index (χ2v) is 9.93. The third kappa shape index (κ3) is 4.98. The number of hydrogen-bond acceptors (Lipinski definition) is 5. The van der Waals surface area contributed by atoms with Crippen LogP contribution in [0.15, 0.2) is 77.7 Å². The summed E-state index contributed by atoms with van der Waals surface area (Å²) in [6.07, 6.45) is 0.864. The zero-order chi connectivity index (χ0) is 25.2. The molecule has 1 saturated carbocycles. The normalized spacial score (nSPS) is 14.7. The van der Waals surface area contributed by atoms with Gasteiger partial charge in [0.15, 0.2) is 0 Å². The lowest BCUT2D eigenvalue weighted by Crippen LogP contribution is -2.43. The Labute approximate surface area is 201 Å². The molecule has 0 saturated heterocycles. The van der Waals surface area contributed by atoms with Crippen LogP contribution in [0.5, 0.6) is 11.5 Å². The first kappa shape index (κ1) is 24.6. The first-order valence-electron chi connectivity index (χ1n) is 10.7. The highest BCUT2D eigenvalue weighted by Crippen LogP contribution is 2.53. The van der Waals surface area contributed by atoms with Gasteiger partial charge in [0.2, 0.25) is 10.0 Å². The molecule has 3 aromatic rings. The van der Waals surface area contributed by atoms with E-state index in [1.54, 1.807) is 19.2 Å². The predicted octanol–water partition coefficient (Wildman–Crippen LogP) is 4.73. The number of hydrogen-bond donors (Lipinski definition) is 1. The number of para-hydroxylation sites is 1. The highest BCUT2D eigenvalue weighted by molar-refractivity contribution is 7.89. The monoisotopic (exact) mass is 503 g/mol. The molecule has 0 bridgehead atoms. The third-order valence-electron chi connectivity index (χ3n) is 5.93. The van der Waals surface area contributed by atoms with Crippen LogP contribution in [0.3, 0.4) is 0 Å². The highest BCUT2D eigenvalue weighted by Gasteiger charge is 2.55. The van der Waals surface area contributed by atoms with Crippen molar-refractivity contribution in [2.24, 2.45) is 0 Å². The molecule has 7 nitrogen and oxygen atoms in total. The van der Waals surface area contributed by atoms with Crippen LogP contribution in [-0.4, -0.2) is 44.1 Å². The van der Waals surface area contributed by atoms with Crippen molar-refractivity contribution in [1.29, 1.82) is 0 Å². The van der Waals surface area contributed by atoms with Gasteiger partial charge in [-0.25, -0.2) is 8.42 Å². The summed E-state index contributed by atoms with van der Waals surface area (Å²) in [7, 11) is -2.73. The summed E-state index contributed by atoms with van der Waals surface area (Å²) in [6, 6.07) is 19.2. The SMILES string of the molecule is COc1ccccc1-c1cccc(C2(N(CC(=O)O)S(=O)(=O)c3ccc(OC(F)F)cc3)CC2)c1. The van der Waals surface area contributed by atoms with Crippen molar-refractivity contribution in [3.63, 3.8) is 0 Å². The first-order valence-corrected chi connectivity index (χ1v) is 12.1. The van der Waals surface area contributed by atoms with Gasteiger partial charge in [0.25, 0.3) is 0 Å². The first-order chi connectivity index (χ1) is 16.7. The van der Waals surface area contributed by atoms with Crippen molar-refractivity contribution in [3.05, 3.63) is 78.4 Å². The zero-order valence-electron chi connectivity index (χ0n) is 18.7. The molecule has 35 heavy (non-hydrogen) atoms. The zero-order valence-corrected chi connectivity index (χ0v) is 19.5. The fraction of sp³-hybridized carbons (Fsp3) is 0.240. The van der Waals surface area contributed by atoms with E-state index >= 15 is 0 Å². The van der Waals surface area contributed by atoms with Crippen LogP contribution in [0, 0.1) is 0 Å². The van der Waals surface area contributed by atoms with Crippen LogP contribution >= 0.6 is 0 Å². The van der Waals surface area contributed by atoms with Gasteiger partial charge in [-0.2, -0.15) is 13.1 Å². The number of aliphatic carboxylic acids is 1. The average molecular weight is 504 g/mol. The van der Waals surface area contributed by atoms with E-state index in [0.29, 0.717) is 24.2 Å². The molecule has 0 spiro atoms. The molecule has 4 rings (SSSR count). The molecular weight excluding hydrogens is 480 g/mol. The maximum absolute atomic E-state index is 13.6. The van der Waals surface area contributed by atoms with Crippen LogP contribution in [0.4, 0.5) is 8.78 Å². The van der Waals surface area contributed by atoms with E-state index in [9.17, 15) is 27.1 Å². The number of carboxylic acid groups (broad SMARTS) is 1. The Bertz CT molecular complexity index is 1320. The number of benzene rings is 3. The Balaban J connectivity index is 1.74. The van der Waals surface area contributed by atoms with Gasteiger partial charge in [0, 0.05) is 5.56 Å². The molecule has 1 N–H and O–H groups in total. The van der Waals surface area contributed by atoms with Crippen molar-refractivity contribution < 1.29 is 36.6 Å². The van der Waals surface area contributed by atoms with E-state index < -0.39 is 34.7 Å². The molecule has 184 valence electrons. The lowest BCUT2D eigenvalue weighted by atomic mass is 9.97. The second-order valence-electron chi connectivity index (χ2n) is 8.07. The molecule has 0 heterocycles. The average Bonchev–Trinajstić information content (AvgIpc) is 3.64. The molecule has 0 aliphatic heterocycles. The molecule has 0 atom stereocenters. The number of carboxylic acids is 1. The minimum atomic E-state index is -4.29. The molecule has 0 amide bonds. The molecule has 1 aliphatic rings. The Morgan fingerprint density at radius 2 is 1.74 bits per heavy atom. The lowest BCUT2D eigenvalue weighted by molar-refractivity contribution is -0.137. The van der Waals surface area contributed by atoms with Crippen molar-refractivity contribution in [2.75, 3.05) is 13.7 Å². The number of carbonyl (C=O) groups is 1. The smallest absolute Gasteiger partial charge is 0.387 e. The minimum Gasteiger partial charge on any atom is -0.496 e. The third-order valence-corrected chi connectivity index (χ3v) is 7.86. The van der Waals surface area contributed by atoms with Crippen LogP contribution in [0.1, 0.15) is 18.4 Å². The lowest BCUT2D eigenvalue weighted by Gasteiger charge is -2.30. The summed E-state index contributed by atoms with van der Waals surface area (Å²) in [4.78, 5) is 11.5. The van der Waals surface area contributed by atoms with Crippen molar-refractivity contribution in [3.8, 4) is 22.6 Å². The quantitative estimate of drug-likeness (QED) is 0.430. The summed E-state index contributed by atoms with van der Waals surface area (Å²) >= 11 is 0. The van der Waals surface area contributed by atoms with Crippen molar-refractivity contribution >= 4 is 16.0 Å². The van der Waals surface area contributed by atoms with Gasteiger partial charge in [0.05, 0.1) is 17.5 Å². The van der Waals surface area contributed by atoms with Gasteiger partial charge in [0.1, 0.15) is 18.0 Å². The van der Waals surface area contributed by atoms with Crippen LogP contribution in [0.25, 0.3) is 11.1 Å². The summed E-state index contributed by atoms with van der Waals surface area (Å²) in [5.74, 6) is -0.858. The van der Waals surface area contributed by atoms with Gasteiger partial charge in [-0.3, -0.25) is 4.79 Å². The highest BCUT2D eigenvalue weighted by atomic mass is 32.2. The second kappa shape index (κ2) is 9.63. The molecule has 1 aliphatic carbocycles. The van der Waals surface area contributed by atoms with E-state index in [4.69, 9.17) is 4.74 Å². The van der Waals surface area contributed by atoms with Crippen LogP contribution < -0.4 is 9.47 Å². The van der Waals surface area contributed by atoms with Crippen molar-refractivity contribution in [2.45, 2.75) is 29.9 Å². The number of rotatable bonds is 10. The van der Waals surface area contributed by atoms with Gasteiger partial charge in [-0.15, -0.1) is 0 Å². The van der Waals surface area contributed by atoms with Gasteiger partial charge >= 0.3 is 12.6 Å². The standard InChI is InChI=1S/C25H23F2NO6S/c1-33-22-8-3-2-7-21(22)17-5-4-6-18(15-17)25(13-14-25)28(16-23(29)30)35(31,32)20-11-9-19(10-12-20)34-24(26)27/h2-12,15,24H,13-14,16H2,1H3,(H,29,30). The van der Waals surface area contributed by atoms with Gasteiger partial charge < -0.3 is 14.6 Å². The Kier molecular flexibility index (Phi) is 6.77. The maximum atomic E-state index is 13.6. The number of alkyl halides is 2. The molecule has 0 aromatic heterocycles. The van der Waals surface area contributed by atoms with Crippen LogP contribution in [-0.2, 0) is 20.4 Å². The number of methoxy groups -OCH3 is 1. The largest absolute Gasteiger partial charge is 0.496 e.